The lowest BCUT2D eigenvalue weighted by atomic mass is 9.91. The molecule has 30 heavy (non-hydrogen) atoms. The third-order valence-electron chi connectivity index (χ3n) is 6.15. The molecule has 1 fully saturated rings. The van der Waals surface area contributed by atoms with Gasteiger partial charge in [0.1, 0.15) is 5.82 Å². The number of carbonyl (C=O) groups is 1. The molecule has 0 N–H and O–H groups in total. The summed E-state index contributed by atoms with van der Waals surface area (Å²) in [5, 5.41) is 0. The van der Waals surface area contributed by atoms with Gasteiger partial charge in [0.2, 0.25) is 0 Å². The summed E-state index contributed by atoms with van der Waals surface area (Å²) in [6, 6.07) is 4.82. The summed E-state index contributed by atoms with van der Waals surface area (Å²) in [6.45, 7) is 8.37. The normalized spacial score (nSPS) is 19.1. The molecular weight excluding hydrogens is 379 g/mol. The smallest absolute Gasteiger partial charge is 0.253 e. The van der Waals surface area contributed by atoms with Crippen molar-refractivity contribution in [3.63, 3.8) is 0 Å². The van der Waals surface area contributed by atoms with Crippen LogP contribution < -0.4 is 0 Å². The number of ether oxygens (including phenoxy) is 1. The number of halogens is 1. The maximum absolute atomic E-state index is 13.5. The van der Waals surface area contributed by atoms with E-state index in [2.05, 4.69) is 18.5 Å². The summed E-state index contributed by atoms with van der Waals surface area (Å²) >= 11 is 0. The summed E-state index contributed by atoms with van der Waals surface area (Å²) in [5.41, 5.74) is 1.07. The lowest BCUT2D eigenvalue weighted by Gasteiger charge is -2.34. The topological polar surface area (TPSA) is 32.8 Å². The molecule has 0 heterocycles. The monoisotopic (exact) mass is 418 g/mol. The Kier molecular flexibility index (Phi) is 10.5. The number of hydrogen-bond acceptors (Lipinski definition) is 3. The Balaban J connectivity index is 1.61. The van der Waals surface area contributed by atoms with Gasteiger partial charge in [0.15, 0.2) is 0 Å². The van der Waals surface area contributed by atoms with Gasteiger partial charge >= 0.3 is 0 Å². The first kappa shape index (κ1) is 24.5. The molecule has 168 valence electrons. The second-order valence-electron chi connectivity index (χ2n) is 8.65. The molecule has 0 aromatic heterocycles. The Hall–Kier alpha value is -1.72. The maximum atomic E-state index is 13.5. The van der Waals surface area contributed by atoms with E-state index in [9.17, 15) is 9.18 Å². The lowest BCUT2D eigenvalue weighted by Crippen LogP contribution is -2.40. The van der Waals surface area contributed by atoms with Gasteiger partial charge in [0.25, 0.3) is 5.91 Å². The van der Waals surface area contributed by atoms with Crippen molar-refractivity contribution in [3.05, 3.63) is 47.8 Å². The fraction of sp³-hybridized carbons (Fsp3) is 0.640. The summed E-state index contributed by atoms with van der Waals surface area (Å²) in [4.78, 5) is 16.8. The van der Waals surface area contributed by atoms with Gasteiger partial charge in [0.05, 0.1) is 6.10 Å². The first-order valence-electron chi connectivity index (χ1n) is 11.4. The first-order chi connectivity index (χ1) is 14.4. The van der Waals surface area contributed by atoms with Crippen molar-refractivity contribution in [1.82, 2.24) is 9.80 Å². The molecule has 1 aliphatic carbocycles. The van der Waals surface area contributed by atoms with E-state index in [4.69, 9.17) is 4.74 Å². The molecule has 0 aliphatic heterocycles. The van der Waals surface area contributed by atoms with Crippen LogP contribution in [-0.2, 0) is 4.74 Å². The Labute approximate surface area is 182 Å². The number of amides is 1. The molecule has 1 aliphatic rings. The molecular formula is C25H39FN2O2. The van der Waals surface area contributed by atoms with E-state index < -0.39 is 0 Å². The summed E-state index contributed by atoms with van der Waals surface area (Å²) in [5.74, 6) is -0.298. The molecule has 2 rings (SSSR count). The first-order valence-corrected chi connectivity index (χ1v) is 11.4. The quantitative estimate of drug-likeness (QED) is 0.345. The lowest BCUT2D eigenvalue weighted by molar-refractivity contribution is 0.00907. The van der Waals surface area contributed by atoms with Crippen LogP contribution in [-0.4, -0.2) is 61.6 Å². The predicted molar refractivity (Wildman–Crippen MR) is 121 cm³/mol. The number of carbonyl (C=O) groups excluding carboxylic acids is 1. The van der Waals surface area contributed by atoms with Crippen molar-refractivity contribution in [2.75, 3.05) is 33.8 Å². The van der Waals surface area contributed by atoms with Gasteiger partial charge in [-0.25, -0.2) is 4.39 Å². The number of benzene rings is 1. The van der Waals surface area contributed by atoms with Gasteiger partial charge in [-0.15, -0.1) is 6.58 Å². The third-order valence-corrected chi connectivity index (χ3v) is 6.15. The van der Waals surface area contributed by atoms with Crippen LogP contribution in [0.4, 0.5) is 4.39 Å². The second-order valence-corrected chi connectivity index (χ2v) is 8.65. The zero-order valence-corrected chi connectivity index (χ0v) is 19.0. The average molecular weight is 419 g/mol. The summed E-state index contributed by atoms with van der Waals surface area (Å²) < 4.78 is 19.5. The summed E-state index contributed by atoms with van der Waals surface area (Å²) in [6.07, 6.45) is 11.0. The molecule has 0 spiro atoms. The number of unbranched alkanes of at least 4 members (excludes halogenated alkanes) is 3. The summed E-state index contributed by atoms with van der Waals surface area (Å²) in [7, 11) is 3.99. The van der Waals surface area contributed by atoms with Gasteiger partial charge in [-0.3, -0.25) is 4.79 Å². The van der Waals surface area contributed by atoms with Gasteiger partial charge in [-0.2, -0.15) is 0 Å². The van der Waals surface area contributed by atoms with Crippen LogP contribution in [0.2, 0.25) is 0 Å². The Morgan fingerprint density at radius 1 is 1.17 bits per heavy atom. The maximum Gasteiger partial charge on any atom is 0.253 e. The molecule has 0 atom stereocenters. The number of hydrogen-bond donors (Lipinski definition) is 0. The highest BCUT2D eigenvalue weighted by Crippen LogP contribution is 2.26. The van der Waals surface area contributed by atoms with Crippen molar-refractivity contribution < 1.29 is 13.9 Å². The SMILES string of the molecule is C=CCN(C)CCCCCCOC1CCC(N(C)C(=O)c2ccc(F)c(C)c2)CC1. The van der Waals surface area contributed by atoms with E-state index >= 15 is 0 Å². The van der Waals surface area contributed by atoms with Crippen molar-refractivity contribution >= 4 is 5.91 Å². The van der Waals surface area contributed by atoms with Gasteiger partial charge in [-0.1, -0.05) is 18.9 Å². The second kappa shape index (κ2) is 12.9. The molecule has 5 heteroatoms. The van der Waals surface area contributed by atoms with Crippen LogP contribution in [0.1, 0.15) is 67.3 Å². The molecule has 1 aromatic rings. The minimum atomic E-state index is -0.271. The predicted octanol–water partition coefficient (Wildman–Crippen LogP) is 5.21. The van der Waals surface area contributed by atoms with Crippen LogP contribution >= 0.6 is 0 Å². The Morgan fingerprint density at radius 2 is 1.87 bits per heavy atom. The molecule has 1 aromatic carbocycles. The molecule has 4 nitrogen and oxygen atoms in total. The van der Waals surface area contributed by atoms with Crippen LogP contribution in [0.5, 0.6) is 0 Å². The molecule has 0 bridgehead atoms. The molecule has 1 amide bonds. The van der Waals surface area contributed by atoms with Crippen LogP contribution in [0.3, 0.4) is 0 Å². The highest BCUT2D eigenvalue weighted by atomic mass is 19.1. The van der Waals surface area contributed by atoms with Crippen molar-refractivity contribution in [2.45, 2.75) is 70.4 Å². The van der Waals surface area contributed by atoms with Gasteiger partial charge in [0, 0.05) is 31.8 Å². The van der Waals surface area contributed by atoms with Gasteiger partial charge < -0.3 is 14.5 Å². The number of likely N-dealkylation sites (N-methyl/N-ethyl adjacent to an activating group) is 1. The van der Waals surface area contributed by atoms with Gasteiger partial charge in [-0.05, 0) is 82.8 Å². The van der Waals surface area contributed by atoms with Crippen LogP contribution in [0.15, 0.2) is 30.9 Å². The van der Waals surface area contributed by atoms with E-state index in [-0.39, 0.29) is 17.8 Å². The third kappa shape index (κ3) is 7.84. The van der Waals surface area contributed by atoms with E-state index in [0.717, 1.165) is 51.8 Å². The minimum Gasteiger partial charge on any atom is -0.378 e. The molecule has 0 saturated heterocycles. The van der Waals surface area contributed by atoms with Crippen LogP contribution in [0, 0.1) is 12.7 Å². The fourth-order valence-electron chi connectivity index (χ4n) is 4.15. The molecule has 1 saturated carbocycles. The van der Waals surface area contributed by atoms with E-state index in [1.165, 1.54) is 25.3 Å². The van der Waals surface area contributed by atoms with E-state index in [1.54, 1.807) is 19.1 Å². The highest BCUT2D eigenvalue weighted by molar-refractivity contribution is 5.94. The minimum absolute atomic E-state index is 0.0267. The van der Waals surface area contributed by atoms with Crippen LogP contribution in [0.25, 0.3) is 0 Å². The Morgan fingerprint density at radius 3 is 2.53 bits per heavy atom. The average Bonchev–Trinajstić information content (AvgIpc) is 2.74. The number of aryl methyl sites for hydroxylation is 1. The largest absolute Gasteiger partial charge is 0.378 e. The molecule has 0 radical (unpaired) electrons. The van der Waals surface area contributed by atoms with Crippen molar-refractivity contribution in [2.24, 2.45) is 0 Å². The zero-order valence-electron chi connectivity index (χ0n) is 19.0. The molecule has 0 unspecified atom stereocenters. The highest BCUT2D eigenvalue weighted by Gasteiger charge is 2.27. The van der Waals surface area contributed by atoms with E-state index in [0.29, 0.717) is 17.2 Å². The van der Waals surface area contributed by atoms with Crippen molar-refractivity contribution in [3.8, 4) is 0 Å². The zero-order chi connectivity index (χ0) is 21.9. The standard InChI is InChI=1S/C25H39FN2O2/c1-5-16-27(3)17-8-6-7-9-18-30-23-13-11-22(12-14-23)28(4)25(29)21-10-15-24(26)20(2)19-21/h5,10,15,19,22-23H,1,6-9,11-14,16-18H2,2-4H3. The van der Waals surface area contributed by atoms with E-state index in [1.807, 2.05) is 18.0 Å². The Bertz CT molecular complexity index is 671. The van der Waals surface area contributed by atoms with Crippen molar-refractivity contribution in [1.29, 1.82) is 0 Å². The number of rotatable bonds is 12. The number of nitrogens with zero attached hydrogens (tertiary/aromatic N) is 2. The fourth-order valence-corrected chi connectivity index (χ4v) is 4.15.